The summed E-state index contributed by atoms with van der Waals surface area (Å²) in [7, 11) is 0. The number of rotatable bonds is 5. The van der Waals surface area contributed by atoms with Crippen molar-refractivity contribution in [2.45, 2.75) is 32.2 Å². The van der Waals surface area contributed by atoms with Crippen molar-refractivity contribution < 1.29 is 9.90 Å². The van der Waals surface area contributed by atoms with Crippen LogP contribution >= 0.6 is 0 Å². The van der Waals surface area contributed by atoms with Crippen molar-refractivity contribution in [3.63, 3.8) is 0 Å². The van der Waals surface area contributed by atoms with Crippen LogP contribution in [0.4, 0.5) is 0 Å². The summed E-state index contributed by atoms with van der Waals surface area (Å²) >= 11 is 0. The van der Waals surface area contributed by atoms with Crippen LogP contribution in [0.5, 0.6) is 0 Å². The van der Waals surface area contributed by atoms with Crippen molar-refractivity contribution in [2.75, 3.05) is 0 Å². The van der Waals surface area contributed by atoms with E-state index >= 15 is 0 Å². The zero-order chi connectivity index (χ0) is 8.69. The topological polar surface area (TPSA) is 63.3 Å². The average molecular weight is 157 g/mol. The molecule has 3 heteroatoms. The van der Waals surface area contributed by atoms with Gasteiger partial charge < -0.3 is 10.8 Å². The van der Waals surface area contributed by atoms with E-state index in [0.717, 1.165) is 12.8 Å². The monoisotopic (exact) mass is 157 g/mol. The van der Waals surface area contributed by atoms with Crippen LogP contribution in [0, 0.1) is 0 Å². The maximum absolute atomic E-state index is 10.2. The predicted octanol–water partition coefficient (Wildman–Crippen LogP) is 1.14. The van der Waals surface area contributed by atoms with Gasteiger partial charge in [0.25, 0.3) is 0 Å². The van der Waals surface area contributed by atoms with E-state index in [-0.39, 0.29) is 0 Å². The summed E-state index contributed by atoms with van der Waals surface area (Å²) in [4.78, 5) is 10.2. The third kappa shape index (κ3) is 5.61. The Morgan fingerprint density at radius 3 is 2.82 bits per heavy atom. The number of allylic oxidation sites excluding steroid dienone is 2. The van der Waals surface area contributed by atoms with E-state index in [1.165, 1.54) is 0 Å². The highest BCUT2D eigenvalue weighted by molar-refractivity contribution is 5.72. The number of aliphatic carboxylic acids is 1. The van der Waals surface area contributed by atoms with E-state index in [1.54, 1.807) is 0 Å². The maximum atomic E-state index is 10.2. The fraction of sp³-hybridized carbons (Fsp3) is 0.625. The van der Waals surface area contributed by atoms with Gasteiger partial charge in [-0.15, -0.1) is 0 Å². The molecule has 64 valence electrons. The summed E-state index contributed by atoms with van der Waals surface area (Å²) in [5, 5.41) is 8.40. The molecule has 0 aromatic heterocycles. The van der Waals surface area contributed by atoms with Crippen LogP contribution in [0.2, 0.25) is 0 Å². The molecular formula is C8H15NO2. The first kappa shape index (κ1) is 10.2. The molecule has 0 spiro atoms. The Balaban J connectivity index is 3.31. The van der Waals surface area contributed by atoms with Crippen LogP contribution in [0.3, 0.4) is 0 Å². The van der Waals surface area contributed by atoms with Gasteiger partial charge in [-0.1, -0.05) is 12.2 Å². The lowest BCUT2D eigenvalue weighted by Gasteiger charge is -2.02. The van der Waals surface area contributed by atoms with Crippen LogP contribution < -0.4 is 5.73 Å². The molecule has 0 bridgehead atoms. The predicted molar refractivity (Wildman–Crippen MR) is 44.3 cm³/mol. The van der Waals surface area contributed by atoms with Gasteiger partial charge in [0, 0.05) is 0 Å². The van der Waals surface area contributed by atoms with Crippen LogP contribution in [-0.2, 0) is 4.79 Å². The zero-order valence-corrected chi connectivity index (χ0v) is 6.79. The van der Waals surface area contributed by atoms with Gasteiger partial charge in [0.1, 0.15) is 6.04 Å². The first-order chi connectivity index (χ1) is 5.18. The highest BCUT2D eigenvalue weighted by Gasteiger charge is 2.08. The molecule has 0 aliphatic heterocycles. The van der Waals surface area contributed by atoms with Crippen molar-refractivity contribution in [3.8, 4) is 0 Å². The molecule has 0 saturated heterocycles. The summed E-state index contributed by atoms with van der Waals surface area (Å²) < 4.78 is 0. The molecule has 0 amide bonds. The highest BCUT2D eigenvalue weighted by Crippen LogP contribution is 1.99. The molecule has 0 fully saturated rings. The standard InChI is InChI=1S/C8H15NO2/c1-2-3-4-5-6-7(9)8(10)11/h2-3,7H,4-6,9H2,1H3,(H,10,11)/b3-2+/t7-/m0/s1. The van der Waals surface area contributed by atoms with Crippen molar-refractivity contribution in [3.05, 3.63) is 12.2 Å². The van der Waals surface area contributed by atoms with E-state index in [0.29, 0.717) is 6.42 Å². The lowest BCUT2D eigenvalue weighted by atomic mass is 10.1. The molecule has 3 nitrogen and oxygen atoms in total. The highest BCUT2D eigenvalue weighted by atomic mass is 16.4. The summed E-state index contributed by atoms with van der Waals surface area (Å²) in [6.45, 7) is 1.94. The number of nitrogens with two attached hydrogens (primary N) is 1. The Morgan fingerprint density at radius 2 is 2.36 bits per heavy atom. The van der Waals surface area contributed by atoms with E-state index in [2.05, 4.69) is 0 Å². The minimum Gasteiger partial charge on any atom is -0.480 e. The lowest BCUT2D eigenvalue weighted by Crippen LogP contribution is -2.29. The largest absolute Gasteiger partial charge is 0.480 e. The molecule has 0 radical (unpaired) electrons. The van der Waals surface area contributed by atoms with Crippen LogP contribution in [0.25, 0.3) is 0 Å². The molecule has 11 heavy (non-hydrogen) atoms. The molecule has 0 heterocycles. The number of carbonyl (C=O) groups is 1. The molecule has 0 saturated carbocycles. The van der Waals surface area contributed by atoms with Gasteiger partial charge in [-0.05, 0) is 26.2 Å². The van der Waals surface area contributed by atoms with Crippen LogP contribution in [0.1, 0.15) is 26.2 Å². The Kier molecular flexibility index (Phi) is 5.47. The van der Waals surface area contributed by atoms with E-state index < -0.39 is 12.0 Å². The van der Waals surface area contributed by atoms with Crippen molar-refractivity contribution in [1.82, 2.24) is 0 Å². The van der Waals surface area contributed by atoms with Gasteiger partial charge in [-0.25, -0.2) is 0 Å². The molecule has 0 aromatic rings. The van der Waals surface area contributed by atoms with Gasteiger partial charge in [-0.3, -0.25) is 4.79 Å². The molecule has 0 rings (SSSR count). The van der Waals surface area contributed by atoms with Crippen LogP contribution in [-0.4, -0.2) is 17.1 Å². The van der Waals surface area contributed by atoms with E-state index in [4.69, 9.17) is 10.8 Å². The zero-order valence-electron chi connectivity index (χ0n) is 6.79. The Bertz CT molecular complexity index is 143. The number of hydrogen-bond donors (Lipinski definition) is 2. The number of carboxylic acid groups (broad SMARTS) is 1. The smallest absolute Gasteiger partial charge is 0.320 e. The van der Waals surface area contributed by atoms with Crippen molar-refractivity contribution >= 4 is 5.97 Å². The molecule has 1 atom stereocenters. The molecule has 0 aromatic carbocycles. The SMILES string of the molecule is C/C=C/CCC[C@H](N)C(=O)O. The minimum atomic E-state index is -0.912. The Morgan fingerprint density at radius 1 is 1.73 bits per heavy atom. The van der Waals surface area contributed by atoms with Gasteiger partial charge in [0.15, 0.2) is 0 Å². The Labute approximate surface area is 66.9 Å². The second-order valence-electron chi connectivity index (χ2n) is 2.44. The number of unbranched alkanes of at least 4 members (excludes halogenated alkanes) is 1. The first-order valence-electron chi connectivity index (χ1n) is 3.78. The summed E-state index contributed by atoms with van der Waals surface area (Å²) in [5.74, 6) is -0.912. The third-order valence-corrected chi connectivity index (χ3v) is 1.44. The fourth-order valence-electron chi connectivity index (χ4n) is 0.746. The summed E-state index contributed by atoms with van der Waals surface area (Å²) in [6.07, 6.45) is 6.27. The summed E-state index contributed by atoms with van der Waals surface area (Å²) in [6, 6.07) is -0.694. The van der Waals surface area contributed by atoms with Crippen molar-refractivity contribution in [2.24, 2.45) is 5.73 Å². The molecule has 0 aliphatic rings. The average Bonchev–Trinajstić information content (AvgIpc) is 1.97. The number of carboxylic acids is 1. The molecule has 0 aliphatic carbocycles. The summed E-state index contributed by atoms with van der Waals surface area (Å²) in [5.41, 5.74) is 5.28. The van der Waals surface area contributed by atoms with E-state index in [9.17, 15) is 4.79 Å². The normalized spacial score (nSPS) is 13.6. The van der Waals surface area contributed by atoms with Gasteiger partial charge in [0.2, 0.25) is 0 Å². The van der Waals surface area contributed by atoms with E-state index in [1.807, 2.05) is 19.1 Å². The lowest BCUT2D eigenvalue weighted by molar-refractivity contribution is -0.138. The molecular weight excluding hydrogens is 142 g/mol. The second-order valence-corrected chi connectivity index (χ2v) is 2.44. The van der Waals surface area contributed by atoms with Crippen LogP contribution in [0.15, 0.2) is 12.2 Å². The van der Waals surface area contributed by atoms with Gasteiger partial charge >= 0.3 is 5.97 Å². The fourth-order valence-corrected chi connectivity index (χ4v) is 0.746. The quantitative estimate of drug-likeness (QED) is 0.464. The third-order valence-electron chi connectivity index (χ3n) is 1.44. The number of hydrogen-bond acceptors (Lipinski definition) is 2. The van der Waals surface area contributed by atoms with Gasteiger partial charge in [-0.2, -0.15) is 0 Å². The van der Waals surface area contributed by atoms with Crippen molar-refractivity contribution in [1.29, 1.82) is 0 Å². The second kappa shape index (κ2) is 5.92. The Hall–Kier alpha value is -0.830. The maximum Gasteiger partial charge on any atom is 0.320 e. The molecule has 0 unspecified atom stereocenters. The first-order valence-corrected chi connectivity index (χ1v) is 3.78. The molecule has 3 N–H and O–H groups in total. The van der Waals surface area contributed by atoms with Gasteiger partial charge in [0.05, 0.1) is 0 Å². The minimum absolute atomic E-state index is 0.555.